The first kappa shape index (κ1) is 16.4. The van der Waals surface area contributed by atoms with E-state index in [-0.39, 0.29) is 24.4 Å². The quantitative estimate of drug-likeness (QED) is 0.753. The van der Waals surface area contributed by atoms with E-state index in [1.54, 1.807) is 11.1 Å². The van der Waals surface area contributed by atoms with E-state index < -0.39 is 11.9 Å². The normalized spacial score (nSPS) is 26.3. The third kappa shape index (κ3) is 4.07. The Morgan fingerprint density at radius 1 is 1.52 bits per heavy atom. The summed E-state index contributed by atoms with van der Waals surface area (Å²) in [5, 5.41) is 2.70. The van der Waals surface area contributed by atoms with Crippen LogP contribution in [0, 0.1) is 0 Å². The van der Waals surface area contributed by atoms with Gasteiger partial charge in [0.1, 0.15) is 11.1 Å². The number of ether oxygens (including phenoxy) is 3. The van der Waals surface area contributed by atoms with Crippen LogP contribution in [0.4, 0.5) is 0 Å². The number of carbonyl (C=O) groups is 2. The molecule has 2 unspecified atom stereocenters. The second-order valence-electron chi connectivity index (χ2n) is 6.11. The summed E-state index contributed by atoms with van der Waals surface area (Å²) >= 11 is 1.48. The monoisotopic (exact) mass is 340 g/mol. The predicted molar refractivity (Wildman–Crippen MR) is 81.5 cm³/mol. The van der Waals surface area contributed by atoms with Gasteiger partial charge in [-0.2, -0.15) is 0 Å². The zero-order chi connectivity index (χ0) is 16.4. The van der Waals surface area contributed by atoms with Gasteiger partial charge in [-0.05, 0) is 13.8 Å². The van der Waals surface area contributed by atoms with Gasteiger partial charge in [0.15, 0.2) is 11.9 Å². The van der Waals surface area contributed by atoms with E-state index in [1.165, 1.54) is 11.3 Å². The Morgan fingerprint density at radius 2 is 2.35 bits per heavy atom. The van der Waals surface area contributed by atoms with Crippen LogP contribution in [0.3, 0.4) is 0 Å². The maximum atomic E-state index is 12.7. The van der Waals surface area contributed by atoms with E-state index in [0.29, 0.717) is 26.1 Å². The molecule has 3 heterocycles. The van der Waals surface area contributed by atoms with Crippen LogP contribution in [0.2, 0.25) is 0 Å². The van der Waals surface area contributed by atoms with Crippen molar-refractivity contribution >= 4 is 23.2 Å². The second kappa shape index (κ2) is 6.54. The lowest BCUT2D eigenvalue weighted by Crippen LogP contribution is -2.43. The Morgan fingerprint density at radius 3 is 2.91 bits per heavy atom. The van der Waals surface area contributed by atoms with Crippen molar-refractivity contribution in [3.63, 3.8) is 0 Å². The Bertz CT molecular complexity index is 574. The van der Waals surface area contributed by atoms with E-state index in [0.717, 1.165) is 5.01 Å². The average molecular weight is 340 g/mol. The molecule has 3 rings (SSSR count). The van der Waals surface area contributed by atoms with E-state index in [2.05, 4.69) is 4.98 Å². The number of thiazole rings is 1. The molecule has 0 aliphatic carbocycles. The molecule has 1 amide bonds. The third-order valence-corrected chi connectivity index (χ3v) is 4.54. The molecular formula is C15H20N2O5S. The first-order valence-electron chi connectivity index (χ1n) is 7.61. The zero-order valence-corrected chi connectivity index (χ0v) is 14.0. The van der Waals surface area contributed by atoms with Crippen molar-refractivity contribution in [3.8, 4) is 0 Å². The molecule has 2 aliphatic rings. The molecule has 0 radical (unpaired) electrons. The predicted octanol–water partition coefficient (Wildman–Crippen LogP) is 1.33. The van der Waals surface area contributed by atoms with Gasteiger partial charge < -0.3 is 19.1 Å². The molecule has 0 bridgehead atoms. The molecule has 1 aromatic rings. The average Bonchev–Trinajstić information content (AvgIpc) is 3.20. The molecule has 8 heteroatoms. The number of carbonyl (C=O) groups excluding carboxylic acids is 2. The second-order valence-corrected chi connectivity index (χ2v) is 7.09. The molecule has 2 atom stereocenters. The van der Waals surface area contributed by atoms with E-state index in [1.807, 2.05) is 19.2 Å². The molecule has 2 fully saturated rings. The fourth-order valence-corrected chi connectivity index (χ4v) is 3.36. The Balaban J connectivity index is 1.68. The number of nitrogens with zero attached hydrogens (tertiary/aromatic N) is 2. The smallest absolute Gasteiger partial charge is 0.306 e. The molecule has 1 aromatic heterocycles. The summed E-state index contributed by atoms with van der Waals surface area (Å²) in [7, 11) is 0. The minimum Gasteiger partial charge on any atom is -0.452 e. The van der Waals surface area contributed by atoms with Crippen LogP contribution in [-0.2, 0) is 30.3 Å². The molecular weight excluding hydrogens is 320 g/mol. The first-order valence-corrected chi connectivity index (χ1v) is 8.49. The van der Waals surface area contributed by atoms with Gasteiger partial charge in [-0.3, -0.25) is 9.59 Å². The van der Waals surface area contributed by atoms with Crippen molar-refractivity contribution in [2.75, 3.05) is 13.2 Å². The maximum absolute atomic E-state index is 12.7. The van der Waals surface area contributed by atoms with Crippen LogP contribution in [0.1, 0.15) is 31.7 Å². The van der Waals surface area contributed by atoms with Crippen LogP contribution in [0.5, 0.6) is 0 Å². The molecule has 7 nitrogen and oxygen atoms in total. The number of cyclic esters (lactones) is 1. The minimum atomic E-state index is -0.696. The summed E-state index contributed by atoms with van der Waals surface area (Å²) in [5.41, 5.74) is 0. The topological polar surface area (TPSA) is 78.0 Å². The van der Waals surface area contributed by atoms with Gasteiger partial charge in [-0.1, -0.05) is 0 Å². The van der Waals surface area contributed by atoms with Gasteiger partial charge in [0.25, 0.3) is 5.91 Å². The zero-order valence-electron chi connectivity index (χ0n) is 13.2. The molecule has 0 saturated carbocycles. The summed E-state index contributed by atoms with van der Waals surface area (Å²) in [6, 6.07) is 0. The fraction of sp³-hybridized carbons (Fsp3) is 0.667. The Hall–Kier alpha value is -1.51. The molecule has 2 saturated heterocycles. The molecule has 126 valence electrons. The maximum Gasteiger partial charge on any atom is 0.306 e. The highest BCUT2D eigenvalue weighted by molar-refractivity contribution is 7.09. The summed E-state index contributed by atoms with van der Waals surface area (Å²) in [4.78, 5) is 29.9. The van der Waals surface area contributed by atoms with Gasteiger partial charge >= 0.3 is 5.97 Å². The van der Waals surface area contributed by atoms with E-state index >= 15 is 0 Å². The lowest BCUT2D eigenvalue weighted by molar-refractivity contribution is -0.157. The molecule has 0 aromatic carbocycles. The van der Waals surface area contributed by atoms with Crippen molar-refractivity contribution < 1.29 is 23.8 Å². The summed E-state index contributed by atoms with van der Waals surface area (Å²) in [5.74, 6) is -1.15. The van der Waals surface area contributed by atoms with Crippen LogP contribution >= 0.6 is 11.3 Å². The molecule has 0 spiro atoms. The van der Waals surface area contributed by atoms with Crippen molar-refractivity contribution in [1.29, 1.82) is 0 Å². The van der Waals surface area contributed by atoms with E-state index in [4.69, 9.17) is 14.2 Å². The van der Waals surface area contributed by atoms with Gasteiger partial charge in [0.05, 0.1) is 13.2 Å². The summed E-state index contributed by atoms with van der Waals surface area (Å²) in [6.45, 7) is 4.89. The van der Waals surface area contributed by atoms with Gasteiger partial charge in [0.2, 0.25) is 0 Å². The number of amides is 1. The molecule has 0 N–H and O–H groups in total. The number of aromatic nitrogens is 1. The highest BCUT2D eigenvalue weighted by Crippen LogP contribution is 2.25. The lowest BCUT2D eigenvalue weighted by Gasteiger charge is -2.27. The highest BCUT2D eigenvalue weighted by Gasteiger charge is 2.38. The lowest BCUT2D eigenvalue weighted by atomic mass is 10.2. The number of hydrogen-bond donors (Lipinski definition) is 0. The van der Waals surface area contributed by atoms with E-state index in [9.17, 15) is 9.59 Å². The van der Waals surface area contributed by atoms with Crippen molar-refractivity contribution in [3.05, 3.63) is 16.6 Å². The van der Waals surface area contributed by atoms with Crippen molar-refractivity contribution in [2.45, 2.75) is 51.2 Å². The van der Waals surface area contributed by atoms with Crippen LogP contribution in [-0.4, -0.2) is 52.9 Å². The van der Waals surface area contributed by atoms with Crippen LogP contribution in [0.25, 0.3) is 0 Å². The van der Waals surface area contributed by atoms with Crippen LogP contribution < -0.4 is 0 Å². The number of hydrogen-bond acceptors (Lipinski definition) is 7. The first-order chi connectivity index (χ1) is 10.9. The Labute approximate surface area is 138 Å². The van der Waals surface area contributed by atoms with Gasteiger partial charge in [0, 0.05) is 31.0 Å². The highest BCUT2D eigenvalue weighted by atomic mass is 32.1. The Kier molecular flexibility index (Phi) is 4.65. The molecule has 2 aliphatic heterocycles. The standard InChI is InChI=1S/C15H20N2O5S/c1-15(2)20-9-10(22-15)7-17(8-12-16-5-6-23-12)14(19)11-3-4-13(18)21-11/h5-6,10-11H,3-4,7-9H2,1-2H3. The fourth-order valence-electron chi connectivity index (χ4n) is 2.73. The van der Waals surface area contributed by atoms with Crippen molar-refractivity contribution in [1.82, 2.24) is 9.88 Å². The summed E-state index contributed by atoms with van der Waals surface area (Å²) < 4.78 is 16.5. The third-order valence-electron chi connectivity index (χ3n) is 3.77. The van der Waals surface area contributed by atoms with Gasteiger partial charge in [-0.25, -0.2) is 4.98 Å². The number of esters is 1. The van der Waals surface area contributed by atoms with Crippen LogP contribution in [0.15, 0.2) is 11.6 Å². The van der Waals surface area contributed by atoms with Crippen molar-refractivity contribution in [2.24, 2.45) is 0 Å². The SMILES string of the molecule is CC1(C)OCC(CN(Cc2nccs2)C(=O)C2CCC(=O)O2)O1. The minimum absolute atomic E-state index is 0.195. The summed E-state index contributed by atoms with van der Waals surface area (Å²) in [6.07, 6.45) is 1.53. The number of rotatable bonds is 5. The largest absolute Gasteiger partial charge is 0.452 e. The molecule has 23 heavy (non-hydrogen) atoms. The van der Waals surface area contributed by atoms with Gasteiger partial charge in [-0.15, -0.1) is 11.3 Å².